The second-order valence-corrected chi connectivity index (χ2v) is 7.07. The summed E-state index contributed by atoms with van der Waals surface area (Å²) in [7, 11) is 0. The van der Waals surface area contributed by atoms with Crippen molar-refractivity contribution in [2.24, 2.45) is 0 Å². The minimum absolute atomic E-state index is 0.338. The second-order valence-electron chi connectivity index (χ2n) is 7.07. The van der Waals surface area contributed by atoms with E-state index in [-0.39, 0.29) is 6.10 Å². The van der Waals surface area contributed by atoms with Crippen molar-refractivity contribution >= 4 is 0 Å². The predicted octanol–water partition coefficient (Wildman–Crippen LogP) is 4.18. The van der Waals surface area contributed by atoms with Crippen LogP contribution in [0.4, 0.5) is 0 Å². The van der Waals surface area contributed by atoms with Gasteiger partial charge in [-0.15, -0.1) is 0 Å². The highest BCUT2D eigenvalue weighted by Crippen LogP contribution is 2.16. The zero-order valence-electron chi connectivity index (χ0n) is 14.3. The maximum Gasteiger partial charge on any atom is 0.0616 e. The Hall–Kier alpha value is -0.120. The predicted molar refractivity (Wildman–Crippen MR) is 89.4 cm³/mol. The molecular weight excluding hydrogens is 264 g/mol. The Morgan fingerprint density at radius 2 is 1.10 bits per heavy atom. The third-order valence-electron chi connectivity index (χ3n) is 3.93. The van der Waals surface area contributed by atoms with Crippen molar-refractivity contribution in [3.8, 4) is 0 Å². The first-order chi connectivity index (χ1) is 9.95. The molecule has 0 saturated carbocycles. The van der Waals surface area contributed by atoms with Crippen LogP contribution >= 0.6 is 0 Å². The molecule has 0 aliphatic carbocycles. The van der Waals surface area contributed by atoms with Crippen LogP contribution in [0.15, 0.2) is 0 Å². The van der Waals surface area contributed by atoms with Crippen LogP contribution in [-0.2, 0) is 0 Å². The maximum atomic E-state index is 9.77. The van der Waals surface area contributed by atoms with E-state index in [2.05, 4.69) is 0 Å². The Balaban J connectivity index is 3.15. The van der Waals surface area contributed by atoms with Gasteiger partial charge in [0.2, 0.25) is 0 Å². The molecule has 128 valence electrons. The summed E-state index contributed by atoms with van der Waals surface area (Å²) in [5.74, 6) is 0. The number of hydrogen-bond acceptors (Lipinski definition) is 3. The standard InChI is InChI=1S/C18H38O3/c1-18(2,21)16-17(20)14-12-10-8-6-4-3-5-7-9-11-13-15-19/h17,19-21H,3-16H2,1-2H3. The van der Waals surface area contributed by atoms with Crippen LogP contribution in [0.25, 0.3) is 0 Å². The topological polar surface area (TPSA) is 60.7 Å². The Morgan fingerprint density at radius 1 is 0.714 bits per heavy atom. The van der Waals surface area contributed by atoms with Crippen LogP contribution in [0.1, 0.15) is 97.3 Å². The SMILES string of the molecule is CC(C)(O)CC(O)CCCCCCCCCCCCCO. The van der Waals surface area contributed by atoms with Crippen LogP contribution in [0.5, 0.6) is 0 Å². The lowest BCUT2D eigenvalue weighted by Crippen LogP contribution is -2.26. The molecule has 3 nitrogen and oxygen atoms in total. The first-order valence-corrected chi connectivity index (χ1v) is 8.97. The van der Waals surface area contributed by atoms with Crippen LogP contribution in [0.3, 0.4) is 0 Å². The van der Waals surface area contributed by atoms with Crippen molar-refractivity contribution in [2.75, 3.05) is 6.61 Å². The van der Waals surface area contributed by atoms with Crippen LogP contribution in [-0.4, -0.2) is 33.6 Å². The first-order valence-electron chi connectivity index (χ1n) is 8.97. The quantitative estimate of drug-likeness (QED) is 0.398. The molecule has 0 bridgehead atoms. The summed E-state index contributed by atoms with van der Waals surface area (Å²) in [6.45, 7) is 3.84. The average molecular weight is 302 g/mol. The van der Waals surface area contributed by atoms with Gasteiger partial charge in [0.25, 0.3) is 0 Å². The van der Waals surface area contributed by atoms with Crippen LogP contribution in [0.2, 0.25) is 0 Å². The van der Waals surface area contributed by atoms with E-state index in [1.165, 1.54) is 57.8 Å². The van der Waals surface area contributed by atoms with E-state index in [9.17, 15) is 10.2 Å². The summed E-state index contributed by atoms with van der Waals surface area (Å²) in [5, 5.41) is 28.0. The maximum absolute atomic E-state index is 9.77. The van der Waals surface area contributed by atoms with Gasteiger partial charge in [-0.25, -0.2) is 0 Å². The summed E-state index contributed by atoms with van der Waals surface area (Å²) in [6.07, 6.45) is 14.4. The zero-order chi connectivity index (χ0) is 16.0. The molecule has 0 aliphatic heterocycles. The average Bonchev–Trinajstić information content (AvgIpc) is 2.38. The lowest BCUT2D eigenvalue weighted by atomic mass is 9.97. The summed E-state index contributed by atoms with van der Waals surface area (Å²) in [6, 6.07) is 0. The summed E-state index contributed by atoms with van der Waals surface area (Å²) in [5.41, 5.74) is -0.753. The van der Waals surface area contributed by atoms with E-state index >= 15 is 0 Å². The molecule has 0 amide bonds. The highest BCUT2D eigenvalue weighted by molar-refractivity contribution is 4.70. The van der Waals surface area contributed by atoms with Gasteiger partial charge in [0, 0.05) is 13.0 Å². The molecule has 0 rings (SSSR count). The van der Waals surface area contributed by atoms with E-state index in [0.717, 1.165) is 19.3 Å². The molecule has 0 heterocycles. The van der Waals surface area contributed by atoms with Gasteiger partial charge in [-0.2, -0.15) is 0 Å². The Labute approximate surface area is 131 Å². The normalized spacial score (nSPS) is 13.6. The lowest BCUT2D eigenvalue weighted by molar-refractivity contribution is 0.0150. The lowest BCUT2D eigenvalue weighted by Gasteiger charge is -2.21. The molecule has 0 saturated heterocycles. The van der Waals surface area contributed by atoms with Gasteiger partial charge in [-0.3, -0.25) is 0 Å². The van der Waals surface area contributed by atoms with Crippen molar-refractivity contribution in [2.45, 2.75) is 109 Å². The molecule has 0 aromatic rings. The minimum Gasteiger partial charge on any atom is -0.396 e. The molecule has 0 aromatic carbocycles. The smallest absolute Gasteiger partial charge is 0.0616 e. The fraction of sp³-hybridized carbons (Fsp3) is 1.00. The second kappa shape index (κ2) is 13.5. The van der Waals surface area contributed by atoms with E-state index < -0.39 is 5.60 Å². The Bertz CT molecular complexity index is 211. The molecule has 1 atom stereocenters. The number of aliphatic hydroxyl groups is 3. The Morgan fingerprint density at radius 3 is 1.48 bits per heavy atom. The summed E-state index contributed by atoms with van der Waals surface area (Å²) >= 11 is 0. The van der Waals surface area contributed by atoms with Gasteiger partial charge in [-0.05, 0) is 26.7 Å². The van der Waals surface area contributed by atoms with E-state index in [1.807, 2.05) is 0 Å². The molecule has 3 heteroatoms. The fourth-order valence-electron chi connectivity index (χ4n) is 2.76. The van der Waals surface area contributed by atoms with Gasteiger partial charge in [0.1, 0.15) is 0 Å². The molecule has 1 unspecified atom stereocenters. The van der Waals surface area contributed by atoms with Crippen molar-refractivity contribution < 1.29 is 15.3 Å². The summed E-state index contributed by atoms with van der Waals surface area (Å²) in [4.78, 5) is 0. The molecule has 0 spiro atoms. The zero-order valence-corrected chi connectivity index (χ0v) is 14.3. The molecule has 0 aromatic heterocycles. The van der Waals surface area contributed by atoms with E-state index in [0.29, 0.717) is 13.0 Å². The van der Waals surface area contributed by atoms with Gasteiger partial charge in [0.05, 0.1) is 11.7 Å². The summed E-state index contributed by atoms with van der Waals surface area (Å²) < 4.78 is 0. The minimum atomic E-state index is -0.753. The van der Waals surface area contributed by atoms with E-state index in [4.69, 9.17) is 5.11 Å². The fourth-order valence-corrected chi connectivity index (χ4v) is 2.76. The third kappa shape index (κ3) is 17.8. The van der Waals surface area contributed by atoms with Crippen molar-refractivity contribution in [3.05, 3.63) is 0 Å². The first kappa shape index (κ1) is 20.9. The molecule has 0 aliphatic rings. The Kier molecular flexibility index (Phi) is 13.5. The van der Waals surface area contributed by atoms with Crippen molar-refractivity contribution in [1.82, 2.24) is 0 Å². The van der Waals surface area contributed by atoms with Gasteiger partial charge >= 0.3 is 0 Å². The monoisotopic (exact) mass is 302 g/mol. The third-order valence-corrected chi connectivity index (χ3v) is 3.93. The highest BCUT2D eigenvalue weighted by atomic mass is 16.3. The largest absolute Gasteiger partial charge is 0.396 e. The van der Waals surface area contributed by atoms with Gasteiger partial charge in [0.15, 0.2) is 0 Å². The van der Waals surface area contributed by atoms with Gasteiger partial charge < -0.3 is 15.3 Å². The number of aliphatic hydroxyl groups excluding tert-OH is 2. The number of unbranched alkanes of at least 4 members (excludes halogenated alkanes) is 10. The molecule has 3 N–H and O–H groups in total. The van der Waals surface area contributed by atoms with Gasteiger partial charge in [-0.1, -0.05) is 64.2 Å². The van der Waals surface area contributed by atoms with Crippen LogP contribution < -0.4 is 0 Å². The van der Waals surface area contributed by atoms with Crippen molar-refractivity contribution in [1.29, 1.82) is 0 Å². The molecule has 0 radical (unpaired) electrons. The number of hydrogen-bond donors (Lipinski definition) is 3. The van der Waals surface area contributed by atoms with Crippen LogP contribution in [0, 0.1) is 0 Å². The van der Waals surface area contributed by atoms with E-state index in [1.54, 1.807) is 13.8 Å². The number of rotatable bonds is 15. The molecule has 21 heavy (non-hydrogen) atoms. The molecule has 0 fully saturated rings. The molecular formula is C18H38O3. The highest BCUT2D eigenvalue weighted by Gasteiger charge is 2.17. The van der Waals surface area contributed by atoms with Crippen molar-refractivity contribution in [3.63, 3.8) is 0 Å².